The molecule has 1 heterocycles. The molecule has 0 bridgehead atoms. The maximum Gasteiger partial charge on any atom is 0.220 e. The summed E-state index contributed by atoms with van der Waals surface area (Å²) < 4.78 is 6.24. The Morgan fingerprint density at radius 2 is 1.77 bits per heavy atom. The van der Waals surface area contributed by atoms with Crippen LogP contribution in [-0.2, 0) is 23.3 Å². The molecule has 2 aromatic carbocycles. The number of para-hydroxylation sites is 1. The summed E-state index contributed by atoms with van der Waals surface area (Å²) in [7, 11) is 0. The number of amides is 1. The zero-order valence-electron chi connectivity index (χ0n) is 26.7. The second-order valence-corrected chi connectivity index (χ2v) is 13.3. The molecule has 7 N–H and O–H groups in total. The van der Waals surface area contributed by atoms with Gasteiger partial charge < -0.3 is 40.9 Å². The van der Waals surface area contributed by atoms with E-state index in [1.807, 2.05) is 36.7 Å². The molecular weight excluding hydrogens is 622 g/mol. The van der Waals surface area contributed by atoms with Crippen LogP contribution in [0.15, 0.2) is 54.9 Å². The van der Waals surface area contributed by atoms with Gasteiger partial charge >= 0.3 is 0 Å². The van der Waals surface area contributed by atoms with Gasteiger partial charge in [-0.1, -0.05) is 35.9 Å². The third-order valence-corrected chi connectivity index (χ3v) is 9.49. The Morgan fingerprint density at radius 1 is 1.02 bits per heavy atom. The van der Waals surface area contributed by atoms with Crippen LogP contribution in [0.25, 0.3) is 11.1 Å². The van der Waals surface area contributed by atoms with Crippen molar-refractivity contribution in [2.24, 2.45) is 0 Å². The Balaban J connectivity index is 1.12. The fourth-order valence-corrected chi connectivity index (χ4v) is 6.13. The molecule has 0 radical (unpaired) electrons. The fourth-order valence-electron chi connectivity index (χ4n) is 5.88. The molecule has 5 rings (SSSR count). The summed E-state index contributed by atoms with van der Waals surface area (Å²) in [5.74, 6) is 0.619. The zero-order valence-corrected chi connectivity index (χ0v) is 27.5. The van der Waals surface area contributed by atoms with Gasteiger partial charge in [-0.25, -0.2) is 0 Å². The minimum atomic E-state index is -1.73. The van der Waals surface area contributed by atoms with Gasteiger partial charge in [-0.2, -0.15) is 0 Å². The normalized spacial score (nSPS) is 17.9. The first-order valence-electron chi connectivity index (χ1n) is 16.4. The van der Waals surface area contributed by atoms with E-state index in [1.165, 1.54) is 5.56 Å². The lowest BCUT2D eigenvalue weighted by molar-refractivity contribution is -0.126. The smallest absolute Gasteiger partial charge is 0.220 e. The van der Waals surface area contributed by atoms with Crippen molar-refractivity contribution in [1.29, 1.82) is 0 Å². The minimum Gasteiger partial charge on any atom is -0.490 e. The van der Waals surface area contributed by atoms with Gasteiger partial charge in [0.25, 0.3) is 0 Å². The van der Waals surface area contributed by atoms with Crippen LogP contribution >= 0.6 is 11.6 Å². The predicted molar refractivity (Wildman–Crippen MR) is 179 cm³/mol. The van der Waals surface area contributed by atoms with Crippen molar-refractivity contribution in [3.63, 3.8) is 0 Å². The number of carbonyl (C=O) groups excluding carboxylic acids is 1. The molecule has 254 valence electrons. The molecule has 11 heteroatoms. The van der Waals surface area contributed by atoms with Crippen molar-refractivity contribution < 1.29 is 35.1 Å². The fraction of sp³-hybridized carbons (Fsp3) is 0.500. The van der Waals surface area contributed by atoms with E-state index in [2.05, 4.69) is 40.7 Å². The van der Waals surface area contributed by atoms with Gasteiger partial charge in [0.15, 0.2) is 0 Å². The van der Waals surface area contributed by atoms with Crippen LogP contribution in [0.1, 0.15) is 67.2 Å². The molecule has 3 aromatic rings. The first-order valence-corrected chi connectivity index (χ1v) is 16.8. The number of ether oxygens (including phenoxy) is 1. The number of aliphatic hydroxyl groups excluding tert-OH is 5. The van der Waals surface area contributed by atoms with Gasteiger partial charge in [0.05, 0.1) is 18.8 Å². The highest BCUT2D eigenvalue weighted by atomic mass is 35.5. The highest BCUT2D eigenvalue weighted by Crippen LogP contribution is 2.50. The number of aryl methyl sites for hydroxylation is 2. The highest BCUT2D eigenvalue weighted by molar-refractivity contribution is 6.31. The van der Waals surface area contributed by atoms with E-state index in [1.54, 1.807) is 0 Å². The number of pyridine rings is 1. The number of aliphatic hydroxyl groups is 5. The maximum absolute atomic E-state index is 12.2. The Labute approximate surface area is 280 Å². The number of hydrogen-bond donors (Lipinski definition) is 7. The summed E-state index contributed by atoms with van der Waals surface area (Å²) in [6, 6.07) is 14.5. The van der Waals surface area contributed by atoms with Gasteiger partial charge in [0.2, 0.25) is 5.91 Å². The number of aromatic nitrogens is 1. The average Bonchev–Trinajstić information content (AvgIpc) is 4.03. The summed E-state index contributed by atoms with van der Waals surface area (Å²) in [4.78, 5) is 16.7. The number of halogens is 1. The molecule has 10 nitrogen and oxygen atoms in total. The molecular formula is C36H46ClN3O7. The molecule has 0 unspecified atom stereocenters. The molecule has 2 fully saturated rings. The van der Waals surface area contributed by atoms with Crippen LogP contribution < -0.4 is 15.4 Å². The first-order chi connectivity index (χ1) is 22.6. The summed E-state index contributed by atoms with van der Waals surface area (Å²) >= 11 is 6.79. The number of benzene rings is 2. The van der Waals surface area contributed by atoms with E-state index in [0.29, 0.717) is 24.1 Å². The number of nitrogens with zero attached hydrogens (tertiary/aromatic N) is 1. The molecule has 0 saturated heterocycles. The third-order valence-electron chi connectivity index (χ3n) is 9.14. The van der Waals surface area contributed by atoms with Crippen molar-refractivity contribution in [2.75, 3.05) is 13.2 Å². The molecule has 0 spiro atoms. The summed E-state index contributed by atoms with van der Waals surface area (Å²) in [6.07, 6.45) is 4.18. The van der Waals surface area contributed by atoms with Gasteiger partial charge in [-0.3, -0.25) is 9.78 Å². The Kier molecular flexibility index (Phi) is 11.9. The standard InChI is InChI=1S/C36H46ClN3O7/c1-22-16-24(29(37)17-23(22)6-2-5-9-33(44)39-20-30(42)34(45)35(46)31(43)21-41)18-40-36(13-14-36)28-19-38-15-12-26(28)27-7-3-4-8-32(27)47-25-10-11-25/h3-4,7-8,12,15-17,19,25,30-31,34-35,40-43,45-46H,2,5-6,9-11,13-14,18,20-21H2,1H3,(H,39,44)/t30-,31+,34+,35+/m0/s1. The van der Waals surface area contributed by atoms with Crippen LogP contribution in [0.2, 0.25) is 5.02 Å². The number of carbonyl (C=O) groups is 1. The van der Waals surface area contributed by atoms with Gasteiger partial charge in [-0.15, -0.1) is 0 Å². The lowest BCUT2D eigenvalue weighted by Gasteiger charge is -2.25. The lowest BCUT2D eigenvalue weighted by Crippen LogP contribution is -2.49. The zero-order chi connectivity index (χ0) is 33.6. The molecule has 47 heavy (non-hydrogen) atoms. The summed E-state index contributed by atoms with van der Waals surface area (Å²) in [5.41, 5.74) is 6.50. The quantitative estimate of drug-likeness (QED) is 0.101. The molecule has 2 aliphatic carbocycles. The highest BCUT2D eigenvalue weighted by Gasteiger charge is 2.46. The molecule has 2 aliphatic rings. The van der Waals surface area contributed by atoms with E-state index in [-0.39, 0.29) is 24.4 Å². The first kappa shape index (κ1) is 35.2. The number of hydrogen-bond acceptors (Lipinski definition) is 9. The van der Waals surface area contributed by atoms with E-state index in [9.17, 15) is 25.2 Å². The van der Waals surface area contributed by atoms with Crippen LogP contribution in [0.4, 0.5) is 0 Å². The Hall–Kier alpha value is -3.09. The minimum absolute atomic E-state index is 0.179. The summed E-state index contributed by atoms with van der Waals surface area (Å²) in [5, 5.41) is 54.9. The van der Waals surface area contributed by atoms with Crippen LogP contribution in [0, 0.1) is 6.92 Å². The topological polar surface area (TPSA) is 164 Å². The predicted octanol–water partition coefficient (Wildman–Crippen LogP) is 3.30. The second kappa shape index (κ2) is 15.9. The summed E-state index contributed by atoms with van der Waals surface area (Å²) in [6.45, 7) is 1.64. The average molecular weight is 668 g/mol. The number of unbranched alkanes of at least 4 members (excludes halogenated alkanes) is 1. The number of rotatable bonds is 18. The second-order valence-electron chi connectivity index (χ2n) is 12.9. The van der Waals surface area contributed by atoms with Gasteiger partial charge in [-0.05, 0) is 97.9 Å². The molecule has 1 amide bonds. The van der Waals surface area contributed by atoms with Crippen LogP contribution in [0.5, 0.6) is 5.75 Å². The van der Waals surface area contributed by atoms with Crippen molar-refractivity contribution >= 4 is 17.5 Å². The van der Waals surface area contributed by atoms with Crippen molar-refractivity contribution in [1.82, 2.24) is 15.6 Å². The van der Waals surface area contributed by atoms with E-state index in [0.717, 1.165) is 72.1 Å². The monoisotopic (exact) mass is 667 g/mol. The molecule has 1 aromatic heterocycles. The van der Waals surface area contributed by atoms with Crippen molar-refractivity contribution in [3.8, 4) is 16.9 Å². The van der Waals surface area contributed by atoms with Crippen LogP contribution in [-0.4, -0.2) is 80.1 Å². The van der Waals surface area contributed by atoms with E-state index < -0.39 is 31.0 Å². The molecule has 0 aliphatic heterocycles. The Morgan fingerprint density at radius 3 is 2.49 bits per heavy atom. The number of nitrogens with one attached hydrogen (secondary N) is 2. The molecule has 4 atom stereocenters. The van der Waals surface area contributed by atoms with Gasteiger partial charge in [0, 0.05) is 48.0 Å². The third kappa shape index (κ3) is 9.08. The lowest BCUT2D eigenvalue weighted by atomic mass is 9.94. The van der Waals surface area contributed by atoms with Crippen LogP contribution in [0.3, 0.4) is 0 Å². The molecule has 2 saturated carbocycles. The Bertz CT molecular complexity index is 1510. The SMILES string of the molecule is Cc1cc(CNC2(c3cnccc3-c3ccccc3OC3CC3)CC2)c(Cl)cc1CCCCC(=O)NC[C@H](O)[C@@H](O)[C@H](O)[C@H](O)CO. The van der Waals surface area contributed by atoms with Gasteiger partial charge in [0.1, 0.15) is 24.1 Å². The van der Waals surface area contributed by atoms with E-state index in [4.69, 9.17) is 21.4 Å². The van der Waals surface area contributed by atoms with Crippen molar-refractivity contribution in [2.45, 2.75) is 101 Å². The van der Waals surface area contributed by atoms with E-state index >= 15 is 0 Å². The van der Waals surface area contributed by atoms with Crippen molar-refractivity contribution in [3.05, 3.63) is 82.1 Å². The largest absolute Gasteiger partial charge is 0.490 e. The maximum atomic E-state index is 12.2.